The standard InChI is InChI=1S/C12H15NO/c13-12(8-14)7-9-4-5-10-2-1-3-11(10)6-9/h4-6,8,12H,1-3,7,13H2. The van der Waals surface area contributed by atoms with Crippen molar-refractivity contribution in [2.24, 2.45) is 5.73 Å². The molecule has 0 saturated heterocycles. The molecule has 2 heteroatoms. The maximum absolute atomic E-state index is 10.4. The lowest BCUT2D eigenvalue weighted by atomic mass is 10.0. The summed E-state index contributed by atoms with van der Waals surface area (Å²) in [6.45, 7) is 0. The molecule has 2 rings (SSSR count). The zero-order valence-corrected chi connectivity index (χ0v) is 8.20. The lowest BCUT2D eigenvalue weighted by molar-refractivity contribution is -0.108. The van der Waals surface area contributed by atoms with Crippen LogP contribution in [0, 0.1) is 0 Å². The van der Waals surface area contributed by atoms with Crippen molar-refractivity contribution in [2.75, 3.05) is 0 Å². The van der Waals surface area contributed by atoms with Crippen LogP contribution in [0.2, 0.25) is 0 Å². The van der Waals surface area contributed by atoms with Crippen molar-refractivity contribution in [1.82, 2.24) is 0 Å². The Morgan fingerprint density at radius 2 is 2.14 bits per heavy atom. The predicted octanol–water partition coefficient (Wildman–Crippen LogP) is 1.24. The Morgan fingerprint density at radius 3 is 2.93 bits per heavy atom. The summed E-state index contributed by atoms with van der Waals surface area (Å²) < 4.78 is 0. The Kier molecular flexibility index (Phi) is 2.64. The van der Waals surface area contributed by atoms with Gasteiger partial charge in [-0.3, -0.25) is 0 Å². The zero-order valence-electron chi connectivity index (χ0n) is 8.20. The molecule has 2 nitrogen and oxygen atoms in total. The van der Waals surface area contributed by atoms with E-state index in [1.807, 2.05) is 0 Å². The highest BCUT2D eigenvalue weighted by molar-refractivity contribution is 5.58. The highest BCUT2D eigenvalue weighted by Crippen LogP contribution is 2.23. The van der Waals surface area contributed by atoms with Gasteiger partial charge in [-0.25, -0.2) is 0 Å². The van der Waals surface area contributed by atoms with Crippen LogP contribution in [0.15, 0.2) is 18.2 Å². The van der Waals surface area contributed by atoms with Gasteiger partial charge in [0.1, 0.15) is 6.29 Å². The second kappa shape index (κ2) is 3.93. The summed E-state index contributed by atoms with van der Waals surface area (Å²) in [5, 5.41) is 0. The van der Waals surface area contributed by atoms with Crippen molar-refractivity contribution in [3.05, 3.63) is 34.9 Å². The molecule has 0 aromatic heterocycles. The van der Waals surface area contributed by atoms with Crippen LogP contribution in [0.4, 0.5) is 0 Å². The minimum atomic E-state index is -0.352. The Hall–Kier alpha value is -1.15. The van der Waals surface area contributed by atoms with E-state index in [1.165, 1.54) is 36.0 Å². The van der Waals surface area contributed by atoms with Gasteiger partial charge in [0.05, 0.1) is 6.04 Å². The van der Waals surface area contributed by atoms with Crippen LogP contribution in [-0.2, 0) is 24.1 Å². The van der Waals surface area contributed by atoms with E-state index in [1.54, 1.807) is 0 Å². The average Bonchev–Trinajstić information content (AvgIpc) is 2.64. The van der Waals surface area contributed by atoms with Crippen LogP contribution in [0.5, 0.6) is 0 Å². The summed E-state index contributed by atoms with van der Waals surface area (Å²) >= 11 is 0. The second-order valence-corrected chi connectivity index (χ2v) is 3.96. The van der Waals surface area contributed by atoms with E-state index in [-0.39, 0.29) is 6.04 Å². The number of nitrogens with two attached hydrogens (primary N) is 1. The zero-order chi connectivity index (χ0) is 9.97. The first-order valence-electron chi connectivity index (χ1n) is 5.11. The van der Waals surface area contributed by atoms with Gasteiger partial charge in [0.2, 0.25) is 0 Å². The van der Waals surface area contributed by atoms with E-state index in [9.17, 15) is 4.79 Å². The molecule has 74 valence electrons. The number of benzene rings is 1. The lowest BCUT2D eigenvalue weighted by Crippen LogP contribution is -2.24. The van der Waals surface area contributed by atoms with Crippen LogP contribution in [0.1, 0.15) is 23.1 Å². The fourth-order valence-electron chi connectivity index (χ4n) is 2.07. The van der Waals surface area contributed by atoms with Crippen LogP contribution >= 0.6 is 0 Å². The first kappa shape index (κ1) is 9.41. The minimum absolute atomic E-state index is 0.352. The summed E-state index contributed by atoms with van der Waals surface area (Å²) in [7, 11) is 0. The molecule has 0 heterocycles. The number of rotatable bonds is 3. The third-order valence-corrected chi connectivity index (χ3v) is 2.81. The van der Waals surface area contributed by atoms with Gasteiger partial charge in [0, 0.05) is 0 Å². The van der Waals surface area contributed by atoms with E-state index < -0.39 is 0 Å². The summed E-state index contributed by atoms with van der Waals surface area (Å²) in [6, 6.07) is 6.11. The highest BCUT2D eigenvalue weighted by atomic mass is 16.1. The molecule has 14 heavy (non-hydrogen) atoms. The molecule has 0 radical (unpaired) electrons. The Labute approximate surface area is 84.1 Å². The largest absolute Gasteiger partial charge is 0.321 e. The van der Waals surface area contributed by atoms with E-state index in [4.69, 9.17) is 5.73 Å². The second-order valence-electron chi connectivity index (χ2n) is 3.96. The number of carbonyl (C=O) groups excluding carboxylic acids is 1. The number of aryl methyl sites for hydroxylation is 2. The minimum Gasteiger partial charge on any atom is -0.321 e. The Morgan fingerprint density at radius 1 is 1.36 bits per heavy atom. The van der Waals surface area contributed by atoms with Crippen molar-refractivity contribution in [3.63, 3.8) is 0 Å². The van der Waals surface area contributed by atoms with Gasteiger partial charge in [-0.2, -0.15) is 0 Å². The predicted molar refractivity (Wildman–Crippen MR) is 56.2 cm³/mol. The van der Waals surface area contributed by atoms with Gasteiger partial charge in [0.15, 0.2) is 0 Å². The topological polar surface area (TPSA) is 43.1 Å². The smallest absolute Gasteiger partial charge is 0.137 e. The van der Waals surface area contributed by atoms with E-state index in [0.717, 1.165) is 6.29 Å². The molecule has 2 N–H and O–H groups in total. The quantitative estimate of drug-likeness (QED) is 0.727. The first-order valence-corrected chi connectivity index (χ1v) is 5.11. The van der Waals surface area contributed by atoms with Gasteiger partial charge < -0.3 is 10.5 Å². The van der Waals surface area contributed by atoms with Gasteiger partial charge in [-0.05, 0) is 42.4 Å². The molecule has 1 unspecified atom stereocenters. The summed E-state index contributed by atoms with van der Waals surface area (Å²) in [5.41, 5.74) is 9.68. The number of carbonyl (C=O) groups is 1. The molecule has 1 aromatic rings. The molecule has 1 aliphatic carbocycles. The fraction of sp³-hybridized carbons (Fsp3) is 0.417. The molecule has 1 aliphatic rings. The first-order chi connectivity index (χ1) is 6.79. The van der Waals surface area contributed by atoms with Gasteiger partial charge in [0.25, 0.3) is 0 Å². The average molecular weight is 189 g/mol. The third kappa shape index (κ3) is 1.85. The molecule has 0 amide bonds. The molecule has 0 spiro atoms. The summed E-state index contributed by atoms with van der Waals surface area (Å²) in [6.07, 6.45) is 5.12. The SMILES string of the molecule is NC(C=O)Cc1ccc2c(c1)CCC2. The van der Waals surface area contributed by atoms with Crippen LogP contribution in [-0.4, -0.2) is 12.3 Å². The van der Waals surface area contributed by atoms with Crippen LogP contribution in [0.25, 0.3) is 0 Å². The van der Waals surface area contributed by atoms with Crippen molar-refractivity contribution in [1.29, 1.82) is 0 Å². The molecule has 1 atom stereocenters. The summed E-state index contributed by atoms with van der Waals surface area (Å²) in [4.78, 5) is 10.4. The maximum atomic E-state index is 10.4. The van der Waals surface area contributed by atoms with Gasteiger partial charge in [-0.15, -0.1) is 0 Å². The van der Waals surface area contributed by atoms with Crippen molar-refractivity contribution in [3.8, 4) is 0 Å². The van der Waals surface area contributed by atoms with Crippen LogP contribution < -0.4 is 5.73 Å². The number of aldehydes is 1. The maximum Gasteiger partial charge on any atom is 0.137 e. The van der Waals surface area contributed by atoms with Crippen LogP contribution in [0.3, 0.4) is 0 Å². The Balaban J connectivity index is 2.16. The molecule has 0 fully saturated rings. The number of fused-ring (bicyclic) bond motifs is 1. The van der Waals surface area contributed by atoms with Crippen molar-refractivity contribution < 1.29 is 4.79 Å². The monoisotopic (exact) mass is 189 g/mol. The molecular formula is C12H15NO. The van der Waals surface area contributed by atoms with Crippen molar-refractivity contribution in [2.45, 2.75) is 31.7 Å². The van der Waals surface area contributed by atoms with Crippen molar-refractivity contribution >= 4 is 6.29 Å². The summed E-state index contributed by atoms with van der Waals surface area (Å²) in [5.74, 6) is 0. The van der Waals surface area contributed by atoms with E-state index in [2.05, 4.69) is 18.2 Å². The highest BCUT2D eigenvalue weighted by Gasteiger charge is 2.11. The number of hydrogen-bond acceptors (Lipinski definition) is 2. The molecule has 0 bridgehead atoms. The normalized spacial score (nSPS) is 16.4. The molecular weight excluding hydrogens is 174 g/mol. The lowest BCUT2D eigenvalue weighted by Gasteiger charge is -2.06. The van der Waals surface area contributed by atoms with Gasteiger partial charge >= 0.3 is 0 Å². The van der Waals surface area contributed by atoms with E-state index >= 15 is 0 Å². The third-order valence-electron chi connectivity index (χ3n) is 2.81. The molecule has 0 aliphatic heterocycles. The van der Waals surface area contributed by atoms with E-state index in [0.29, 0.717) is 6.42 Å². The number of hydrogen-bond donors (Lipinski definition) is 1. The molecule has 1 aromatic carbocycles. The molecule has 0 saturated carbocycles. The van der Waals surface area contributed by atoms with Gasteiger partial charge in [-0.1, -0.05) is 18.2 Å². The fourth-order valence-corrected chi connectivity index (χ4v) is 2.07. The Bertz CT molecular complexity index is 346.